The molecule has 2 aromatic carbocycles. The molecule has 7 nitrogen and oxygen atoms in total. The van der Waals surface area contributed by atoms with Gasteiger partial charge in [-0.25, -0.2) is 4.39 Å². The molecule has 2 heterocycles. The smallest absolute Gasteiger partial charge is 0.259 e. The lowest BCUT2D eigenvalue weighted by atomic mass is 9.95. The van der Waals surface area contributed by atoms with Gasteiger partial charge in [0, 0.05) is 44.1 Å². The summed E-state index contributed by atoms with van der Waals surface area (Å²) < 4.78 is 26.0. The molecule has 1 aliphatic heterocycles. The highest BCUT2D eigenvalue weighted by Crippen LogP contribution is 2.37. The van der Waals surface area contributed by atoms with Crippen LogP contribution in [0.25, 0.3) is 0 Å². The number of hydrogen-bond acceptors (Lipinski definition) is 6. The van der Waals surface area contributed by atoms with Gasteiger partial charge in [0.2, 0.25) is 0 Å². The summed E-state index contributed by atoms with van der Waals surface area (Å²) >= 11 is 0. The number of aryl methyl sites for hydroxylation is 1. The van der Waals surface area contributed by atoms with Gasteiger partial charge in [0.25, 0.3) is 5.56 Å². The van der Waals surface area contributed by atoms with Crippen molar-refractivity contribution >= 4 is 5.69 Å². The van der Waals surface area contributed by atoms with E-state index in [1.807, 2.05) is 32.0 Å². The fraction of sp³-hybridized carbons (Fsp3) is 0.370. The molecule has 1 fully saturated rings. The van der Waals surface area contributed by atoms with Crippen LogP contribution >= 0.6 is 0 Å². The minimum atomic E-state index is -0.476. The predicted molar refractivity (Wildman–Crippen MR) is 134 cm³/mol. The summed E-state index contributed by atoms with van der Waals surface area (Å²) in [5, 5.41) is 11.0. The third-order valence-electron chi connectivity index (χ3n) is 6.71. The summed E-state index contributed by atoms with van der Waals surface area (Å²) in [6.45, 7) is 6.94. The number of piperazine rings is 1. The molecular weight excluding hydrogens is 449 g/mol. The molecule has 1 saturated heterocycles. The van der Waals surface area contributed by atoms with Gasteiger partial charge >= 0.3 is 0 Å². The first-order valence-electron chi connectivity index (χ1n) is 11.8. The molecule has 0 amide bonds. The summed E-state index contributed by atoms with van der Waals surface area (Å²) in [6, 6.07) is 13.3. The first kappa shape index (κ1) is 24.6. The lowest BCUT2D eigenvalue weighted by Crippen LogP contribution is -2.49. The summed E-state index contributed by atoms with van der Waals surface area (Å²) in [7, 11) is 3.15. The number of hydrogen-bond donors (Lipinski definition) is 1. The molecule has 1 atom stereocenters. The van der Waals surface area contributed by atoms with Crippen molar-refractivity contribution in [3.05, 3.63) is 81.5 Å². The van der Waals surface area contributed by atoms with Crippen molar-refractivity contribution in [1.29, 1.82) is 0 Å². The zero-order chi connectivity index (χ0) is 25.1. The van der Waals surface area contributed by atoms with Crippen LogP contribution in [0.5, 0.6) is 17.2 Å². The Labute approximate surface area is 204 Å². The molecule has 0 unspecified atom stereocenters. The van der Waals surface area contributed by atoms with Crippen LogP contribution in [0.2, 0.25) is 0 Å². The van der Waals surface area contributed by atoms with E-state index in [2.05, 4.69) is 9.80 Å². The number of rotatable bonds is 7. The third-order valence-corrected chi connectivity index (χ3v) is 6.71. The number of benzene rings is 2. The lowest BCUT2D eigenvalue weighted by molar-refractivity contribution is 0.207. The Bertz CT molecular complexity index is 1230. The van der Waals surface area contributed by atoms with Crippen LogP contribution in [-0.2, 0) is 6.54 Å². The van der Waals surface area contributed by atoms with E-state index in [0.29, 0.717) is 55.5 Å². The van der Waals surface area contributed by atoms with Crippen LogP contribution in [0.1, 0.15) is 29.8 Å². The van der Waals surface area contributed by atoms with Crippen LogP contribution < -0.4 is 19.9 Å². The Morgan fingerprint density at radius 1 is 0.971 bits per heavy atom. The highest BCUT2D eigenvalue weighted by molar-refractivity contribution is 5.49. The fourth-order valence-electron chi connectivity index (χ4n) is 4.89. The van der Waals surface area contributed by atoms with Crippen molar-refractivity contribution < 1.29 is 19.0 Å². The zero-order valence-corrected chi connectivity index (χ0v) is 20.6. The first-order valence-corrected chi connectivity index (χ1v) is 11.8. The molecule has 186 valence electrons. The summed E-state index contributed by atoms with van der Waals surface area (Å²) in [5.74, 6) is 0.874. The van der Waals surface area contributed by atoms with E-state index < -0.39 is 6.04 Å². The number of aromatic hydroxyl groups is 1. The Hall–Kier alpha value is -3.52. The molecule has 8 heteroatoms. The molecular formula is C27H32FN3O4. The number of anilines is 1. The maximum absolute atomic E-state index is 13.6. The van der Waals surface area contributed by atoms with E-state index in [1.165, 1.54) is 12.1 Å². The van der Waals surface area contributed by atoms with Crippen LogP contribution in [0.3, 0.4) is 0 Å². The molecule has 1 aliphatic rings. The van der Waals surface area contributed by atoms with Crippen molar-refractivity contribution in [2.75, 3.05) is 45.3 Å². The van der Waals surface area contributed by atoms with Crippen LogP contribution in [0, 0.1) is 12.7 Å². The van der Waals surface area contributed by atoms with Crippen molar-refractivity contribution in [3.8, 4) is 17.2 Å². The van der Waals surface area contributed by atoms with Crippen molar-refractivity contribution in [2.24, 2.45) is 0 Å². The second-order valence-electron chi connectivity index (χ2n) is 8.65. The highest BCUT2D eigenvalue weighted by atomic mass is 19.1. The standard InChI is InChI=1S/C27H32FN3O4/c1-5-31-18(2)16-22(32)25(27(31)33)26(19-6-11-23(34-3)24(17-19)35-4)30-14-12-29(13-15-30)21-9-7-20(28)8-10-21/h6-11,16-17,26,32H,5,12-15H2,1-4H3/t26-/m0/s1. The minimum absolute atomic E-state index is 0.0158. The van der Waals surface area contributed by atoms with E-state index in [1.54, 1.807) is 37.0 Å². The fourth-order valence-corrected chi connectivity index (χ4v) is 4.89. The van der Waals surface area contributed by atoms with Gasteiger partial charge in [-0.1, -0.05) is 6.07 Å². The maximum atomic E-state index is 13.6. The Morgan fingerprint density at radius 3 is 2.23 bits per heavy atom. The monoisotopic (exact) mass is 481 g/mol. The van der Waals surface area contributed by atoms with E-state index in [-0.39, 0.29) is 17.1 Å². The maximum Gasteiger partial charge on any atom is 0.259 e. The molecule has 1 aromatic heterocycles. The normalized spacial score (nSPS) is 15.2. The number of halogens is 1. The van der Waals surface area contributed by atoms with Crippen LogP contribution in [-0.4, -0.2) is 55.0 Å². The molecule has 1 N–H and O–H groups in total. The van der Waals surface area contributed by atoms with Gasteiger partial charge in [-0.05, 0) is 61.9 Å². The Balaban J connectivity index is 1.75. The van der Waals surface area contributed by atoms with Gasteiger partial charge in [-0.15, -0.1) is 0 Å². The summed E-state index contributed by atoms with van der Waals surface area (Å²) in [6.07, 6.45) is 0. The molecule has 3 aromatic rings. The molecule has 0 spiro atoms. The van der Waals surface area contributed by atoms with Gasteiger partial charge in [0.1, 0.15) is 11.6 Å². The third kappa shape index (κ3) is 4.84. The van der Waals surface area contributed by atoms with Gasteiger partial charge in [-0.3, -0.25) is 9.69 Å². The van der Waals surface area contributed by atoms with E-state index in [9.17, 15) is 14.3 Å². The Morgan fingerprint density at radius 2 is 1.63 bits per heavy atom. The second kappa shape index (κ2) is 10.4. The molecule has 0 bridgehead atoms. The average molecular weight is 482 g/mol. The van der Waals surface area contributed by atoms with Gasteiger partial charge < -0.3 is 24.0 Å². The number of aromatic nitrogens is 1. The second-order valence-corrected chi connectivity index (χ2v) is 8.65. The predicted octanol–water partition coefficient (Wildman–Crippen LogP) is 3.95. The van der Waals surface area contributed by atoms with E-state index >= 15 is 0 Å². The summed E-state index contributed by atoms with van der Waals surface area (Å²) in [5.41, 5.74) is 2.65. The van der Waals surface area contributed by atoms with Gasteiger partial charge in [-0.2, -0.15) is 0 Å². The van der Waals surface area contributed by atoms with E-state index in [4.69, 9.17) is 9.47 Å². The van der Waals surface area contributed by atoms with Crippen LogP contribution in [0.4, 0.5) is 10.1 Å². The van der Waals surface area contributed by atoms with Crippen molar-refractivity contribution in [2.45, 2.75) is 26.4 Å². The number of ether oxygens (including phenoxy) is 2. The van der Waals surface area contributed by atoms with Crippen LogP contribution in [0.15, 0.2) is 53.3 Å². The quantitative estimate of drug-likeness (QED) is 0.551. The minimum Gasteiger partial charge on any atom is -0.507 e. The van der Waals surface area contributed by atoms with Crippen molar-refractivity contribution in [3.63, 3.8) is 0 Å². The lowest BCUT2D eigenvalue weighted by Gasteiger charge is -2.40. The zero-order valence-electron chi connectivity index (χ0n) is 20.6. The molecule has 0 radical (unpaired) electrons. The topological polar surface area (TPSA) is 67.2 Å². The summed E-state index contributed by atoms with van der Waals surface area (Å²) in [4.78, 5) is 18.0. The number of pyridine rings is 1. The highest BCUT2D eigenvalue weighted by Gasteiger charge is 2.32. The van der Waals surface area contributed by atoms with Gasteiger partial charge in [0.05, 0.1) is 25.8 Å². The number of nitrogens with zero attached hydrogens (tertiary/aromatic N) is 3. The first-order chi connectivity index (χ1) is 16.9. The van der Waals surface area contributed by atoms with Gasteiger partial charge in [0.15, 0.2) is 11.5 Å². The average Bonchev–Trinajstić information content (AvgIpc) is 2.87. The SMILES string of the molecule is CCn1c(C)cc(O)c([C@H](c2ccc(OC)c(OC)c2)N2CCN(c3ccc(F)cc3)CC2)c1=O. The van der Waals surface area contributed by atoms with E-state index in [0.717, 1.165) is 11.3 Å². The molecule has 35 heavy (non-hydrogen) atoms. The molecule has 0 aliphatic carbocycles. The molecule has 4 rings (SSSR count). The Kier molecular flexibility index (Phi) is 7.31. The molecule has 0 saturated carbocycles. The number of methoxy groups -OCH3 is 2. The van der Waals surface area contributed by atoms with Crippen molar-refractivity contribution in [1.82, 2.24) is 9.47 Å². The largest absolute Gasteiger partial charge is 0.507 e.